The van der Waals surface area contributed by atoms with Crippen LogP contribution in [0.15, 0.2) is 78.4 Å². The molecule has 0 radical (unpaired) electrons. The zero-order valence-corrected chi connectivity index (χ0v) is 19.3. The molecule has 3 aromatic carbocycles. The SMILES string of the molecule is COc1cc(Cl)cc(C2NC(=O)NC(c3ccccc3)=C2C(=O)c2ccccc2)c1OCC(=O)O. The van der Waals surface area contributed by atoms with E-state index >= 15 is 0 Å². The number of Topliss-reactive ketones (excluding diaryl/α,β-unsaturated/α-hetero) is 1. The Hall–Kier alpha value is -4.30. The van der Waals surface area contributed by atoms with Crippen LogP contribution in [0.5, 0.6) is 11.5 Å². The van der Waals surface area contributed by atoms with E-state index < -0.39 is 24.6 Å². The Labute approximate surface area is 206 Å². The average Bonchev–Trinajstić information content (AvgIpc) is 2.87. The summed E-state index contributed by atoms with van der Waals surface area (Å²) < 4.78 is 10.9. The molecular formula is C26H21ClN2O6. The van der Waals surface area contributed by atoms with Gasteiger partial charge in [-0.2, -0.15) is 0 Å². The molecule has 0 aromatic heterocycles. The summed E-state index contributed by atoms with van der Waals surface area (Å²) in [5.74, 6) is -1.33. The summed E-state index contributed by atoms with van der Waals surface area (Å²) in [5, 5.41) is 15.0. The minimum Gasteiger partial charge on any atom is -0.493 e. The molecule has 0 spiro atoms. The highest BCUT2D eigenvalue weighted by atomic mass is 35.5. The molecular weight excluding hydrogens is 472 g/mol. The third-order valence-corrected chi connectivity index (χ3v) is 5.55. The standard InChI is InChI=1S/C26H21ClN2O6/c1-34-19-13-17(27)12-18(25(19)35-14-20(30)31)23-21(24(32)16-10-6-3-7-11-16)22(28-26(33)29-23)15-8-4-2-5-9-15/h2-13,23H,14H2,1H3,(H,30,31)(H2,28,29,33). The summed E-state index contributed by atoms with van der Waals surface area (Å²) >= 11 is 6.34. The van der Waals surface area contributed by atoms with Gasteiger partial charge in [-0.1, -0.05) is 72.3 Å². The zero-order chi connectivity index (χ0) is 24.9. The van der Waals surface area contributed by atoms with Gasteiger partial charge in [0, 0.05) is 22.2 Å². The van der Waals surface area contributed by atoms with Crippen LogP contribution in [0.1, 0.15) is 27.5 Å². The zero-order valence-electron chi connectivity index (χ0n) is 18.6. The van der Waals surface area contributed by atoms with Gasteiger partial charge in [0.1, 0.15) is 0 Å². The Morgan fingerprint density at radius 1 is 1.03 bits per heavy atom. The van der Waals surface area contributed by atoms with Gasteiger partial charge in [0.05, 0.1) is 24.4 Å². The molecule has 1 aliphatic heterocycles. The molecule has 1 heterocycles. The number of aliphatic carboxylic acids is 1. The fourth-order valence-corrected chi connectivity index (χ4v) is 4.08. The van der Waals surface area contributed by atoms with Crippen molar-refractivity contribution in [3.05, 3.63) is 100 Å². The number of halogens is 1. The maximum atomic E-state index is 13.8. The molecule has 0 bridgehead atoms. The van der Waals surface area contributed by atoms with E-state index in [0.29, 0.717) is 16.8 Å². The first-order valence-electron chi connectivity index (χ1n) is 10.6. The van der Waals surface area contributed by atoms with Gasteiger partial charge in [0.25, 0.3) is 0 Å². The van der Waals surface area contributed by atoms with Gasteiger partial charge < -0.3 is 25.2 Å². The summed E-state index contributed by atoms with van der Waals surface area (Å²) in [7, 11) is 1.38. The molecule has 0 fully saturated rings. The molecule has 1 unspecified atom stereocenters. The smallest absolute Gasteiger partial charge is 0.341 e. The number of carbonyl (C=O) groups excluding carboxylic acids is 2. The number of carboxylic acid groups (broad SMARTS) is 1. The van der Waals surface area contributed by atoms with Crippen molar-refractivity contribution in [2.24, 2.45) is 0 Å². The minimum atomic E-state index is -1.21. The van der Waals surface area contributed by atoms with Gasteiger partial charge in [-0.05, 0) is 11.6 Å². The summed E-state index contributed by atoms with van der Waals surface area (Å²) in [5.41, 5.74) is 1.84. The molecule has 1 atom stereocenters. The van der Waals surface area contributed by atoms with E-state index in [4.69, 9.17) is 21.1 Å². The number of benzene rings is 3. The quantitative estimate of drug-likeness (QED) is 0.400. The third-order valence-electron chi connectivity index (χ3n) is 5.33. The minimum absolute atomic E-state index is 0.0530. The van der Waals surface area contributed by atoms with Crippen molar-refractivity contribution in [2.75, 3.05) is 13.7 Å². The van der Waals surface area contributed by atoms with Crippen LogP contribution in [0.3, 0.4) is 0 Å². The summed E-state index contributed by atoms with van der Waals surface area (Å²) in [6.45, 7) is -0.666. The van der Waals surface area contributed by atoms with Crippen molar-refractivity contribution in [1.82, 2.24) is 10.6 Å². The molecule has 9 heteroatoms. The average molecular weight is 493 g/mol. The van der Waals surface area contributed by atoms with Crippen LogP contribution in [0, 0.1) is 0 Å². The van der Waals surface area contributed by atoms with Crippen molar-refractivity contribution in [2.45, 2.75) is 6.04 Å². The number of carbonyl (C=O) groups is 3. The number of hydrogen-bond donors (Lipinski definition) is 3. The van der Waals surface area contributed by atoms with E-state index in [2.05, 4.69) is 10.6 Å². The Balaban J connectivity index is 1.98. The number of ether oxygens (including phenoxy) is 2. The van der Waals surface area contributed by atoms with Crippen LogP contribution in [-0.2, 0) is 4.79 Å². The topological polar surface area (TPSA) is 114 Å². The fourth-order valence-electron chi connectivity index (χ4n) is 3.86. The number of carboxylic acids is 1. The Morgan fingerprint density at radius 2 is 1.69 bits per heavy atom. The molecule has 35 heavy (non-hydrogen) atoms. The van der Waals surface area contributed by atoms with Gasteiger partial charge in [-0.25, -0.2) is 9.59 Å². The number of nitrogens with one attached hydrogen (secondary N) is 2. The van der Waals surface area contributed by atoms with Crippen molar-refractivity contribution in [1.29, 1.82) is 0 Å². The lowest BCUT2D eigenvalue weighted by atomic mass is 9.87. The monoisotopic (exact) mass is 492 g/mol. The summed E-state index contributed by atoms with van der Waals surface area (Å²) in [4.78, 5) is 37.9. The van der Waals surface area contributed by atoms with Gasteiger partial charge in [-0.3, -0.25) is 4.79 Å². The van der Waals surface area contributed by atoms with E-state index in [1.807, 2.05) is 6.07 Å². The third kappa shape index (κ3) is 5.12. The van der Waals surface area contributed by atoms with Crippen LogP contribution in [0.25, 0.3) is 5.70 Å². The highest BCUT2D eigenvalue weighted by molar-refractivity contribution is 6.31. The van der Waals surface area contributed by atoms with Gasteiger partial charge in [0.2, 0.25) is 0 Å². The van der Waals surface area contributed by atoms with Gasteiger partial charge >= 0.3 is 12.0 Å². The largest absolute Gasteiger partial charge is 0.493 e. The number of ketones is 1. The predicted molar refractivity (Wildman–Crippen MR) is 130 cm³/mol. The van der Waals surface area contributed by atoms with E-state index in [0.717, 1.165) is 0 Å². The van der Waals surface area contributed by atoms with Gasteiger partial charge in [0.15, 0.2) is 23.9 Å². The summed E-state index contributed by atoms with van der Waals surface area (Å²) in [6, 6.07) is 19.0. The van der Waals surface area contributed by atoms with Crippen molar-refractivity contribution >= 4 is 35.1 Å². The molecule has 0 aliphatic carbocycles. The first-order valence-corrected chi connectivity index (χ1v) is 11.0. The lowest BCUT2D eigenvalue weighted by molar-refractivity contribution is -0.139. The number of rotatable bonds is 8. The first kappa shape index (κ1) is 23.8. The Morgan fingerprint density at radius 3 is 2.31 bits per heavy atom. The van der Waals surface area contributed by atoms with Crippen LogP contribution in [0.4, 0.5) is 4.79 Å². The fraction of sp³-hybridized carbons (Fsp3) is 0.115. The van der Waals surface area contributed by atoms with Crippen LogP contribution in [0.2, 0.25) is 5.02 Å². The van der Waals surface area contributed by atoms with E-state index in [-0.39, 0.29) is 33.4 Å². The predicted octanol–water partition coefficient (Wildman–Crippen LogP) is 4.46. The second kappa shape index (κ2) is 10.3. The molecule has 2 amide bonds. The van der Waals surface area contributed by atoms with E-state index in [1.54, 1.807) is 54.6 Å². The van der Waals surface area contributed by atoms with Crippen molar-refractivity contribution < 1.29 is 29.0 Å². The number of amides is 2. The molecule has 0 saturated heterocycles. The molecule has 3 aromatic rings. The second-order valence-electron chi connectivity index (χ2n) is 7.59. The second-order valence-corrected chi connectivity index (χ2v) is 8.03. The highest BCUT2D eigenvalue weighted by Gasteiger charge is 2.36. The van der Waals surface area contributed by atoms with Crippen LogP contribution < -0.4 is 20.1 Å². The summed E-state index contributed by atoms with van der Waals surface area (Å²) in [6.07, 6.45) is 0. The van der Waals surface area contributed by atoms with Crippen molar-refractivity contribution in [3.8, 4) is 11.5 Å². The molecule has 4 rings (SSSR count). The van der Waals surface area contributed by atoms with E-state index in [1.165, 1.54) is 19.2 Å². The Bertz CT molecular complexity index is 1310. The first-order chi connectivity index (χ1) is 16.9. The lowest BCUT2D eigenvalue weighted by Crippen LogP contribution is -2.45. The molecule has 1 aliphatic rings. The normalized spacial score (nSPS) is 15.1. The van der Waals surface area contributed by atoms with E-state index in [9.17, 15) is 19.5 Å². The Kier molecular flexibility index (Phi) is 7.03. The maximum absolute atomic E-state index is 13.8. The maximum Gasteiger partial charge on any atom is 0.341 e. The molecule has 178 valence electrons. The number of methoxy groups -OCH3 is 1. The number of hydrogen-bond acceptors (Lipinski definition) is 5. The van der Waals surface area contributed by atoms with Crippen molar-refractivity contribution in [3.63, 3.8) is 0 Å². The lowest BCUT2D eigenvalue weighted by Gasteiger charge is -2.31. The number of urea groups is 1. The van der Waals surface area contributed by atoms with Crippen LogP contribution in [-0.4, -0.2) is 36.6 Å². The molecule has 3 N–H and O–H groups in total. The van der Waals surface area contributed by atoms with Gasteiger partial charge in [-0.15, -0.1) is 0 Å². The van der Waals surface area contributed by atoms with Crippen LogP contribution >= 0.6 is 11.6 Å². The highest BCUT2D eigenvalue weighted by Crippen LogP contribution is 2.43. The molecule has 0 saturated carbocycles. The molecule has 8 nitrogen and oxygen atoms in total.